The Morgan fingerprint density at radius 2 is 1.68 bits per heavy atom. The molecule has 170 valence electrons. The summed E-state index contributed by atoms with van der Waals surface area (Å²) in [6.07, 6.45) is 0.332. The van der Waals surface area contributed by atoms with Crippen LogP contribution in [-0.4, -0.2) is 27.0 Å². The molecule has 0 bridgehead atoms. The number of amides is 1. The lowest BCUT2D eigenvalue weighted by molar-refractivity contribution is 0.0956. The maximum absolute atomic E-state index is 13.9. The van der Waals surface area contributed by atoms with Crippen molar-refractivity contribution in [1.29, 1.82) is 0 Å². The second-order valence-corrected chi connectivity index (χ2v) is 8.49. The molecule has 5 aromatic rings. The molecule has 5 rings (SSSR count). The fourth-order valence-corrected chi connectivity index (χ4v) is 4.16. The van der Waals surface area contributed by atoms with Crippen LogP contribution in [0.15, 0.2) is 66.7 Å². The van der Waals surface area contributed by atoms with Crippen LogP contribution in [0, 0.1) is 5.82 Å². The average Bonchev–Trinajstić information content (AvgIpc) is 3.11. The van der Waals surface area contributed by atoms with E-state index in [-0.39, 0.29) is 23.7 Å². The Bertz CT molecular complexity index is 1570. The predicted octanol–water partition coefficient (Wildman–Crippen LogP) is 5.57. The zero-order valence-corrected chi connectivity index (χ0v) is 19.2. The van der Waals surface area contributed by atoms with Crippen molar-refractivity contribution >= 4 is 57.1 Å². The van der Waals surface area contributed by atoms with Crippen LogP contribution in [0.4, 0.5) is 10.2 Å². The monoisotopic (exact) mass is 493 g/mol. The van der Waals surface area contributed by atoms with Crippen LogP contribution in [0.3, 0.4) is 0 Å². The van der Waals surface area contributed by atoms with Crippen LogP contribution < -0.4 is 11.1 Å². The van der Waals surface area contributed by atoms with Gasteiger partial charge in [-0.25, -0.2) is 14.4 Å². The minimum absolute atomic E-state index is 0.159. The first-order valence-corrected chi connectivity index (χ1v) is 11.2. The number of fused-ring (bicyclic) bond motifs is 2. The van der Waals surface area contributed by atoms with Crippen LogP contribution in [0.25, 0.3) is 27.9 Å². The Labute approximate surface area is 204 Å². The summed E-state index contributed by atoms with van der Waals surface area (Å²) in [5.41, 5.74) is 9.83. The number of nitrogens with zero attached hydrogens (tertiary/aromatic N) is 3. The van der Waals surface area contributed by atoms with E-state index in [4.69, 9.17) is 33.9 Å². The first-order valence-electron chi connectivity index (χ1n) is 10.5. The summed E-state index contributed by atoms with van der Waals surface area (Å²) in [6.45, 7) is 0.222. The van der Waals surface area contributed by atoms with Crippen molar-refractivity contribution in [3.63, 3.8) is 0 Å². The molecule has 1 amide bonds. The molecule has 0 spiro atoms. The minimum Gasteiger partial charge on any atom is -0.384 e. The van der Waals surface area contributed by atoms with E-state index >= 15 is 0 Å². The van der Waals surface area contributed by atoms with Crippen LogP contribution in [0.2, 0.25) is 10.0 Å². The SMILES string of the molecule is Nc1c(C(=O)NCCc2ccccc2F)c2nc3ccccc3nc2n1-c1ccc(Cl)c(Cl)c1. The van der Waals surface area contributed by atoms with Crippen LogP contribution in [-0.2, 0) is 6.42 Å². The molecule has 2 heterocycles. The Hall–Kier alpha value is -3.68. The summed E-state index contributed by atoms with van der Waals surface area (Å²) < 4.78 is 15.6. The molecular weight excluding hydrogens is 476 g/mol. The van der Waals surface area contributed by atoms with E-state index in [9.17, 15) is 9.18 Å². The molecular formula is C25H18Cl2FN5O. The summed E-state index contributed by atoms with van der Waals surface area (Å²) in [7, 11) is 0. The van der Waals surface area contributed by atoms with Crippen molar-refractivity contribution < 1.29 is 9.18 Å². The number of hydrogen-bond acceptors (Lipinski definition) is 4. The number of carbonyl (C=O) groups excluding carboxylic acids is 1. The highest BCUT2D eigenvalue weighted by atomic mass is 35.5. The van der Waals surface area contributed by atoms with Gasteiger partial charge in [0.25, 0.3) is 5.91 Å². The molecule has 3 N–H and O–H groups in total. The molecule has 0 unspecified atom stereocenters. The van der Waals surface area contributed by atoms with Gasteiger partial charge in [-0.2, -0.15) is 0 Å². The summed E-state index contributed by atoms with van der Waals surface area (Å²) in [6, 6.07) is 18.8. The molecule has 0 atom stereocenters. The van der Waals surface area contributed by atoms with E-state index in [0.29, 0.717) is 49.9 Å². The van der Waals surface area contributed by atoms with Gasteiger partial charge in [0.2, 0.25) is 0 Å². The van der Waals surface area contributed by atoms with Crippen molar-refractivity contribution in [3.05, 3.63) is 93.7 Å². The third-order valence-corrected chi connectivity index (χ3v) is 6.26. The Kier molecular flexibility index (Phi) is 5.81. The Morgan fingerprint density at radius 1 is 0.971 bits per heavy atom. The Balaban J connectivity index is 1.59. The van der Waals surface area contributed by atoms with E-state index in [0.717, 1.165) is 0 Å². The fourth-order valence-electron chi connectivity index (χ4n) is 3.87. The number of halogens is 3. The van der Waals surface area contributed by atoms with Gasteiger partial charge in [0, 0.05) is 6.54 Å². The molecule has 2 aromatic heterocycles. The van der Waals surface area contributed by atoms with E-state index < -0.39 is 5.91 Å². The summed E-state index contributed by atoms with van der Waals surface area (Å²) in [4.78, 5) is 22.7. The van der Waals surface area contributed by atoms with Crippen molar-refractivity contribution in [3.8, 4) is 5.69 Å². The molecule has 6 nitrogen and oxygen atoms in total. The zero-order valence-electron chi connectivity index (χ0n) is 17.7. The van der Waals surface area contributed by atoms with Gasteiger partial charge in [0.15, 0.2) is 5.65 Å². The summed E-state index contributed by atoms with van der Waals surface area (Å²) in [5, 5.41) is 3.56. The number of para-hydroxylation sites is 2. The van der Waals surface area contributed by atoms with E-state index in [1.165, 1.54) is 6.07 Å². The number of nitrogens with two attached hydrogens (primary N) is 1. The number of anilines is 1. The van der Waals surface area contributed by atoms with Crippen molar-refractivity contribution in [2.24, 2.45) is 0 Å². The molecule has 0 aliphatic heterocycles. The standard InChI is InChI=1S/C25H18Cl2FN5O/c26-16-10-9-15(13-17(16)27)33-23(29)21(22-24(33)32-20-8-4-3-7-19(20)31-22)25(34)30-12-11-14-5-1-2-6-18(14)28/h1-10,13H,11-12,29H2,(H,30,34). The molecule has 0 aliphatic carbocycles. The molecule has 0 saturated carbocycles. The quantitative estimate of drug-likeness (QED) is 0.334. The highest BCUT2D eigenvalue weighted by molar-refractivity contribution is 6.42. The van der Waals surface area contributed by atoms with Crippen molar-refractivity contribution in [2.45, 2.75) is 6.42 Å². The van der Waals surface area contributed by atoms with Gasteiger partial charge in [0.05, 0.1) is 26.8 Å². The fraction of sp³-hybridized carbons (Fsp3) is 0.0800. The molecule has 3 aromatic carbocycles. The Morgan fingerprint density at radius 3 is 2.41 bits per heavy atom. The lowest BCUT2D eigenvalue weighted by atomic mass is 10.1. The third kappa shape index (κ3) is 3.93. The van der Waals surface area contributed by atoms with E-state index in [1.54, 1.807) is 41.0 Å². The smallest absolute Gasteiger partial charge is 0.257 e. The topological polar surface area (TPSA) is 85.8 Å². The summed E-state index contributed by atoms with van der Waals surface area (Å²) in [5.74, 6) is -0.584. The number of rotatable bonds is 5. The minimum atomic E-state index is -0.428. The number of carbonyl (C=O) groups is 1. The van der Waals surface area contributed by atoms with Gasteiger partial charge in [0.1, 0.15) is 22.7 Å². The number of hydrogen-bond donors (Lipinski definition) is 2. The van der Waals surface area contributed by atoms with Gasteiger partial charge in [-0.1, -0.05) is 53.5 Å². The molecule has 0 radical (unpaired) electrons. The molecule has 9 heteroatoms. The first-order chi connectivity index (χ1) is 16.4. The highest BCUT2D eigenvalue weighted by Gasteiger charge is 2.25. The number of aromatic nitrogens is 3. The zero-order chi connectivity index (χ0) is 23.8. The average molecular weight is 494 g/mol. The molecule has 34 heavy (non-hydrogen) atoms. The molecule has 0 aliphatic rings. The largest absolute Gasteiger partial charge is 0.384 e. The first kappa shape index (κ1) is 22.1. The maximum atomic E-state index is 13.9. The highest BCUT2D eigenvalue weighted by Crippen LogP contribution is 2.33. The third-order valence-electron chi connectivity index (χ3n) is 5.52. The number of nitrogen functional groups attached to an aromatic ring is 1. The number of benzene rings is 3. The molecule has 0 fully saturated rings. The van der Waals surface area contributed by atoms with Crippen LogP contribution in [0.5, 0.6) is 0 Å². The number of nitrogens with one attached hydrogen (secondary N) is 1. The maximum Gasteiger partial charge on any atom is 0.257 e. The van der Waals surface area contributed by atoms with Gasteiger partial charge in [-0.3, -0.25) is 9.36 Å². The lowest BCUT2D eigenvalue weighted by Crippen LogP contribution is -2.26. The second-order valence-electron chi connectivity index (χ2n) is 7.68. The van der Waals surface area contributed by atoms with E-state index in [1.807, 2.05) is 24.3 Å². The molecule has 0 saturated heterocycles. The van der Waals surface area contributed by atoms with Gasteiger partial charge >= 0.3 is 0 Å². The van der Waals surface area contributed by atoms with Gasteiger partial charge < -0.3 is 11.1 Å². The normalized spacial score (nSPS) is 11.3. The van der Waals surface area contributed by atoms with Gasteiger partial charge in [-0.05, 0) is 48.4 Å². The lowest BCUT2D eigenvalue weighted by Gasteiger charge is -2.09. The van der Waals surface area contributed by atoms with Crippen molar-refractivity contribution in [2.75, 3.05) is 12.3 Å². The summed E-state index contributed by atoms with van der Waals surface area (Å²) >= 11 is 12.3. The van der Waals surface area contributed by atoms with Gasteiger partial charge in [-0.15, -0.1) is 0 Å². The van der Waals surface area contributed by atoms with E-state index in [2.05, 4.69) is 10.3 Å². The second kappa shape index (κ2) is 8.93. The van der Waals surface area contributed by atoms with Crippen molar-refractivity contribution in [1.82, 2.24) is 19.9 Å². The predicted molar refractivity (Wildman–Crippen MR) is 133 cm³/mol. The van der Waals surface area contributed by atoms with Crippen LogP contribution in [0.1, 0.15) is 15.9 Å². The van der Waals surface area contributed by atoms with Crippen LogP contribution >= 0.6 is 23.2 Å².